The van der Waals surface area contributed by atoms with Gasteiger partial charge in [-0.05, 0) is 17.7 Å². The second-order valence-corrected chi connectivity index (χ2v) is 3.20. The van der Waals surface area contributed by atoms with Crippen molar-refractivity contribution >= 4 is 23.1 Å². The number of halogens is 1. The van der Waals surface area contributed by atoms with E-state index in [1.54, 1.807) is 24.3 Å². The number of methoxy groups -OCH3 is 2. The number of ether oxygens (including phenoxy) is 2. The molecular formula is C11H11ClO3. The maximum absolute atomic E-state index is 11.4. The van der Waals surface area contributed by atoms with Gasteiger partial charge in [0, 0.05) is 5.02 Å². The summed E-state index contributed by atoms with van der Waals surface area (Å²) >= 11 is 5.74. The molecule has 3 nitrogen and oxygen atoms in total. The molecule has 80 valence electrons. The fraction of sp³-hybridized carbons (Fsp3) is 0.182. The minimum Gasteiger partial charge on any atom is -0.503 e. The van der Waals surface area contributed by atoms with Crippen LogP contribution in [0.2, 0.25) is 5.02 Å². The van der Waals surface area contributed by atoms with Gasteiger partial charge in [-0.2, -0.15) is 0 Å². The summed E-state index contributed by atoms with van der Waals surface area (Å²) in [5.41, 5.74) is 1.06. The number of rotatable bonds is 3. The molecule has 0 bridgehead atoms. The van der Waals surface area contributed by atoms with Crippen molar-refractivity contribution in [2.24, 2.45) is 0 Å². The van der Waals surface area contributed by atoms with Crippen LogP contribution < -0.4 is 0 Å². The summed E-state index contributed by atoms with van der Waals surface area (Å²) in [4.78, 5) is 11.4. The molecule has 0 atom stereocenters. The van der Waals surface area contributed by atoms with Gasteiger partial charge in [0.05, 0.1) is 20.5 Å². The van der Waals surface area contributed by atoms with Gasteiger partial charge in [0.2, 0.25) is 0 Å². The molecule has 0 aliphatic rings. The Labute approximate surface area is 93.3 Å². The molecule has 0 aliphatic carbocycles. The Hall–Kier alpha value is -1.48. The second kappa shape index (κ2) is 5.41. The lowest BCUT2D eigenvalue weighted by molar-refractivity contribution is -0.133. The normalized spacial score (nSPS) is 11.0. The molecule has 0 radical (unpaired) electrons. The monoisotopic (exact) mass is 226 g/mol. The highest BCUT2D eigenvalue weighted by Crippen LogP contribution is 2.18. The zero-order valence-corrected chi connectivity index (χ0v) is 9.25. The topological polar surface area (TPSA) is 35.5 Å². The van der Waals surface area contributed by atoms with E-state index in [1.807, 2.05) is 0 Å². The molecule has 0 aliphatic heterocycles. The van der Waals surface area contributed by atoms with Gasteiger partial charge in [0.1, 0.15) is 5.57 Å². The molecular weight excluding hydrogens is 216 g/mol. The van der Waals surface area contributed by atoms with Crippen molar-refractivity contribution in [2.45, 2.75) is 0 Å². The Bertz CT molecular complexity index is 368. The van der Waals surface area contributed by atoms with Crippen molar-refractivity contribution < 1.29 is 14.3 Å². The first-order valence-corrected chi connectivity index (χ1v) is 4.64. The highest BCUT2D eigenvalue weighted by atomic mass is 35.5. The van der Waals surface area contributed by atoms with Gasteiger partial charge in [0.15, 0.2) is 0 Å². The van der Waals surface area contributed by atoms with Crippen LogP contribution in [0.1, 0.15) is 5.56 Å². The standard InChI is InChI=1S/C11H11ClO3/c1-14-7-10(11(13)15-2)8-3-5-9(12)6-4-8/h3-7H,1-2H3. The Morgan fingerprint density at radius 1 is 1.27 bits per heavy atom. The van der Waals surface area contributed by atoms with Crippen LogP contribution in [0, 0.1) is 0 Å². The maximum atomic E-state index is 11.4. The third-order valence-electron chi connectivity index (χ3n) is 1.80. The number of esters is 1. The summed E-state index contributed by atoms with van der Waals surface area (Å²) in [5, 5.41) is 0.611. The highest BCUT2D eigenvalue weighted by molar-refractivity contribution is 6.30. The Kier molecular flexibility index (Phi) is 4.18. The van der Waals surface area contributed by atoms with Crippen molar-refractivity contribution in [1.29, 1.82) is 0 Å². The van der Waals surface area contributed by atoms with Crippen molar-refractivity contribution in [3.63, 3.8) is 0 Å². The van der Waals surface area contributed by atoms with Crippen LogP contribution in [0.5, 0.6) is 0 Å². The van der Waals surface area contributed by atoms with Crippen LogP contribution in [0.15, 0.2) is 30.5 Å². The van der Waals surface area contributed by atoms with E-state index in [1.165, 1.54) is 20.5 Å². The molecule has 0 spiro atoms. The molecule has 0 amide bonds. The van der Waals surface area contributed by atoms with Crippen molar-refractivity contribution in [3.8, 4) is 0 Å². The molecule has 0 fully saturated rings. The number of hydrogen-bond donors (Lipinski definition) is 0. The van der Waals surface area contributed by atoms with Crippen LogP contribution in [0.25, 0.3) is 5.57 Å². The van der Waals surface area contributed by atoms with E-state index in [4.69, 9.17) is 16.3 Å². The largest absolute Gasteiger partial charge is 0.503 e. The van der Waals surface area contributed by atoms with Gasteiger partial charge in [-0.25, -0.2) is 4.79 Å². The summed E-state index contributed by atoms with van der Waals surface area (Å²) in [6.07, 6.45) is 1.34. The van der Waals surface area contributed by atoms with E-state index in [9.17, 15) is 4.79 Å². The van der Waals surface area contributed by atoms with Crippen LogP contribution in [-0.2, 0) is 14.3 Å². The number of carbonyl (C=O) groups is 1. The summed E-state index contributed by atoms with van der Waals surface area (Å²) < 4.78 is 9.45. The summed E-state index contributed by atoms with van der Waals surface area (Å²) in [6.45, 7) is 0. The lowest BCUT2D eigenvalue weighted by atomic mass is 10.1. The van der Waals surface area contributed by atoms with Crippen LogP contribution in [0.4, 0.5) is 0 Å². The van der Waals surface area contributed by atoms with Crippen LogP contribution >= 0.6 is 11.6 Å². The second-order valence-electron chi connectivity index (χ2n) is 2.77. The van der Waals surface area contributed by atoms with E-state index in [2.05, 4.69) is 4.74 Å². The molecule has 0 heterocycles. The van der Waals surface area contributed by atoms with Gasteiger partial charge in [0.25, 0.3) is 0 Å². The summed E-state index contributed by atoms with van der Waals surface area (Å²) in [6, 6.07) is 6.85. The molecule has 0 unspecified atom stereocenters. The Balaban J connectivity index is 3.05. The minimum atomic E-state index is -0.445. The number of carbonyl (C=O) groups excluding carboxylic acids is 1. The van der Waals surface area contributed by atoms with E-state index in [0.717, 1.165) is 0 Å². The molecule has 1 aromatic rings. The third kappa shape index (κ3) is 2.99. The zero-order chi connectivity index (χ0) is 11.3. The van der Waals surface area contributed by atoms with Gasteiger partial charge in [-0.1, -0.05) is 23.7 Å². The van der Waals surface area contributed by atoms with Crippen molar-refractivity contribution in [1.82, 2.24) is 0 Å². The highest BCUT2D eigenvalue weighted by Gasteiger charge is 2.12. The molecule has 0 aromatic heterocycles. The summed E-state index contributed by atoms with van der Waals surface area (Å²) in [5.74, 6) is -0.445. The predicted molar refractivity (Wildman–Crippen MR) is 58.5 cm³/mol. The van der Waals surface area contributed by atoms with Gasteiger partial charge >= 0.3 is 5.97 Å². The Morgan fingerprint density at radius 2 is 1.87 bits per heavy atom. The minimum absolute atomic E-state index is 0.358. The number of hydrogen-bond acceptors (Lipinski definition) is 3. The van der Waals surface area contributed by atoms with Gasteiger partial charge in [-0.3, -0.25) is 0 Å². The molecule has 1 rings (SSSR count). The molecule has 4 heteroatoms. The van der Waals surface area contributed by atoms with E-state index in [0.29, 0.717) is 16.2 Å². The zero-order valence-electron chi connectivity index (χ0n) is 8.49. The first-order valence-electron chi connectivity index (χ1n) is 4.26. The predicted octanol–water partition coefficient (Wildman–Crippen LogP) is 2.50. The lowest BCUT2D eigenvalue weighted by Gasteiger charge is -2.05. The average molecular weight is 227 g/mol. The van der Waals surface area contributed by atoms with Crippen LogP contribution in [-0.4, -0.2) is 20.2 Å². The first kappa shape index (κ1) is 11.6. The van der Waals surface area contributed by atoms with Crippen molar-refractivity contribution in [3.05, 3.63) is 41.1 Å². The van der Waals surface area contributed by atoms with E-state index >= 15 is 0 Å². The van der Waals surface area contributed by atoms with Gasteiger partial charge < -0.3 is 9.47 Å². The fourth-order valence-corrected chi connectivity index (χ4v) is 1.22. The lowest BCUT2D eigenvalue weighted by Crippen LogP contribution is -2.04. The smallest absolute Gasteiger partial charge is 0.341 e. The van der Waals surface area contributed by atoms with E-state index < -0.39 is 5.97 Å². The molecule has 0 saturated carbocycles. The molecule has 1 aromatic carbocycles. The molecule has 15 heavy (non-hydrogen) atoms. The fourth-order valence-electron chi connectivity index (χ4n) is 1.09. The first-order chi connectivity index (χ1) is 7.19. The van der Waals surface area contributed by atoms with Gasteiger partial charge in [-0.15, -0.1) is 0 Å². The Morgan fingerprint density at radius 3 is 2.33 bits per heavy atom. The maximum Gasteiger partial charge on any atom is 0.341 e. The molecule has 0 N–H and O–H groups in total. The van der Waals surface area contributed by atoms with Crippen molar-refractivity contribution in [2.75, 3.05) is 14.2 Å². The summed E-state index contributed by atoms with van der Waals surface area (Å²) in [7, 11) is 2.79. The third-order valence-corrected chi connectivity index (χ3v) is 2.05. The SMILES string of the molecule is COC=C(C(=O)OC)c1ccc(Cl)cc1. The van der Waals surface area contributed by atoms with Crippen LogP contribution in [0.3, 0.4) is 0 Å². The number of benzene rings is 1. The average Bonchev–Trinajstić information content (AvgIpc) is 2.26. The quantitative estimate of drug-likeness (QED) is 0.451. The molecule has 0 saturated heterocycles. The van der Waals surface area contributed by atoms with E-state index in [-0.39, 0.29) is 0 Å².